The van der Waals surface area contributed by atoms with E-state index < -0.39 is 0 Å². The number of carbonyl (C=O) groups excluding carboxylic acids is 1. The van der Waals surface area contributed by atoms with Crippen molar-refractivity contribution in [3.05, 3.63) is 40.0 Å². The van der Waals surface area contributed by atoms with Crippen molar-refractivity contribution in [3.8, 4) is 0 Å². The molecule has 1 amide bonds. The van der Waals surface area contributed by atoms with E-state index in [0.29, 0.717) is 5.56 Å². The van der Waals surface area contributed by atoms with E-state index in [1.807, 2.05) is 18.4 Å². The molecule has 0 saturated carbocycles. The minimum Gasteiger partial charge on any atom is -0.329 e. The van der Waals surface area contributed by atoms with Crippen LogP contribution in [-0.4, -0.2) is 26.1 Å². The summed E-state index contributed by atoms with van der Waals surface area (Å²) in [5.74, 6) is -0.169. The van der Waals surface area contributed by atoms with E-state index in [9.17, 15) is 4.79 Å². The van der Waals surface area contributed by atoms with Crippen LogP contribution in [0.25, 0.3) is 15.4 Å². The molecular weight excluding hydrogens is 469 g/mol. The number of benzene rings is 1. The summed E-state index contributed by atoms with van der Waals surface area (Å²) in [6.45, 7) is 1.91. The quantitative estimate of drug-likeness (QED) is 0.364. The molecule has 0 fully saturated rings. The van der Waals surface area contributed by atoms with E-state index >= 15 is 0 Å². The molecule has 0 aliphatic heterocycles. The molecule has 0 aliphatic rings. The van der Waals surface area contributed by atoms with Crippen molar-refractivity contribution in [1.29, 1.82) is 0 Å². The summed E-state index contributed by atoms with van der Waals surface area (Å²) in [4.78, 5) is 12.2. The molecular formula is C12H9N5NaOSW-. The number of hydrogen-bond donors (Lipinski definition) is 0. The summed E-state index contributed by atoms with van der Waals surface area (Å²) in [6, 6.07) is 6.73. The molecule has 0 saturated heterocycles. The first-order valence-electron chi connectivity index (χ1n) is 5.53. The van der Waals surface area contributed by atoms with Crippen LogP contribution in [0.3, 0.4) is 0 Å². The first-order valence-corrected chi connectivity index (χ1v) is 6.41. The summed E-state index contributed by atoms with van der Waals surface area (Å²) in [5.41, 5.74) is 1.44. The second kappa shape index (κ2) is 7.60. The van der Waals surface area contributed by atoms with Crippen LogP contribution >= 0.6 is 11.3 Å². The predicted octanol–water partition coefficient (Wildman–Crippen LogP) is -0.619. The Kier molecular flexibility index (Phi) is 6.68. The average Bonchev–Trinajstić information content (AvgIpc) is 3.00. The number of nitrogens with zero attached hydrogens (tertiary/aromatic N) is 5. The number of aromatic nitrogens is 4. The Bertz CT molecular complexity index is 772. The van der Waals surface area contributed by atoms with Gasteiger partial charge in [0.2, 0.25) is 0 Å². The Morgan fingerprint density at radius 1 is 1.48 bits per heavy atom. The largest absolute Gasteiger partial charge is 1.00 e. The van der Waals surface area contributed by atoms with Gasteiger partial charge in [-0.05, 0) is 7.05 Å². The summed E-state index contributed by atoms with van der Waals surface area (Å²) in [7, 11) is 1.63. The molecule has 102 valence electrons. The van der Waals surface area contributed by atoms with E-state index in [0.717, 1.165) is 15.6 Å². The van der Waals surface area contributed by atoms with Gasteiger partial charge in [0.15, 0.2) is 5.91 Å². The van der Waals surface area contributed by atoms with Gasteiger partial charge in [0.25, 0.3) is 0 Å². The number of hydrogen-bond acceptors (Lipinski definition) is 5. The molecule has 0 unspecified atom stereocenters. The fraction of sp³-hybridized carbons (Fsp3) is 0.167. The second-order valence-corrected chi connectivity index (χ2v) is 4.93. The summed E-state index contributed by atoms with van der Waals surface area (Å²) in [6.07, 6.45) is 0. The fourth-order valence-corrected chi connectivity index (χ4v) is 2.67. The number of amides is 1. The monoisotopic (exact) mass is 478 g/mol. The molecule has 21 heavy (non-hydrogen) atoms. The van der Waals surface area contributed by atoms with E-state index in [1.165, 1.54) is 4.68 Å². The molecule has 6 nitrogen and oxygen atoms in total. The van der Waals surface area contributed by atoms with Gasteiger partial charge in [0.1, 0.15) is 0 Å². The molecule has 3 aromatic rings. The van der Waals surface area contributed by atoms with Crippen LogP contribution in [0.4, 0.5) is 5.95 Å². The van der Waals surface area contributed by atoms with Crippen molar-refractivity contribution in [2.24, 2.45) is 7.05 Å². The van der Waals surface area contributed by atoms with E-state index in [1.54, 1.807) is 24.5 Å². The molecule has 0 bridgehead atoms. The number of rotatable bonds is 2. The molecule has 0 aliphatic carbocycles. The van der Waals surface area contributed by atoms with Gasteiger partial charge < -0.3 is 10.00 Å². The number of thiophene rings is 1. The maximum atomic E-state index is 12.2. The van der Waals surface area contributed by atoms with Crippen LogP contribution in [0, 0.1) is 13.0 Å². The summed E-state index contributed by atoms with van der Waals surface area (Å²) < 4.78 is 2.40. The average molecular weight is 478 g/mol. The molecule has 3 rings (SSSR count). The summed E-state index contributed by atoms with van der Waals surface area (Å²) >= 11 is 1.59. The number of tetrazole rings is 1. The van der Waals surface area contributed by atoms with Gasteiger partial charge >= 0.3 is 29.6 Å². The number of carbonyl (C=O) groups is 1. The van der Waals surface area contributed by atoms with Crippen LogP contribution in [-0.2, 0) is 28.1 Å². The normalized spacial score (nSPS) is 9.81. The van der Waals surface area contributed by atoms with Crippen molar-refractivity contribution < 1.29 is 55.4 Å². The van der Waals surface area contributed by atoms with Crippen molar-refractivity contribution in [1.82, 2.24) is 20.2 Å². The van der Waals surface area contributed by atoms with Crippen molar-refractivity contribution in [2.75, 3.05) is 0 Å². The van der Waals surface area contributed by atoms with Crippen LogP contribution < -0.4 is 29.6 Å². The first kappa shape index (κ1) is 18.5. The topological polar surface area (TPSA) is 74.8 Å². The fourth-order valence-electron chi connectivity index (χ4n) is 1.79. The Hall–Kier alpha value is -0.592. The van der Waals surface area contributed by atoms with Gasteiger partial charge in [-0.15, -0.1) is 39.6 Å². The maximum Gasteiger partial charge on any atom is 1.00 e. The number of aryl methyl sites for hydroxylation is 2. The molecule has 0 radical (unpaired) electrons. The number of fused-ring (bicyclic) bond motifs is 1. The van der Waals surface area contributed by atoms with Gasteiger partial charge in [0.05, 0.1) is 5.95 Å². The van der Waals surface area contributed by atoms with Crippen LogP contribution in [0.15, 0.2) is 17.5 Å². The zero-order valence-corrected chi connectivity index (χ0v) is 17.4. The molecule has 1 aromatic carbocycles. The Labute approximate surface area is 161 Å². The van der Waals surface area contributed by atoms with Gasteiger partial charge in [-0.2, -0.15) is 0 Å². The smallest absolute Gasteiger partial charge is 0.329 e. The third-order valence-corrected chi connectivity index (χ3v) is 3.85. The van der Waals surface area contributed by atoms with E-state index in [2.05, 4.69) is 26.9 Å². The Balaban J connectivity index is 0.00000110. The van der Waals surface area contributed by atoms with Crippen molar-refractivity contribution >= 4 is 33.3 Å². The molecule has 2 heterocycles. The molecule has 2 aromatic heterocycles. The Morgan fingerprint density at radius 3 is 2.90 bits per heavy atom. The molecule has 0 atom stereocenters. The Morgan fingerprint density at radius 2 is 2.24 bits per heavy atom. The molecule has 0 spiro atoms. The zero-order valence-electron chi connectivity index (χ0n) is 11.7. The second-order valence-electron chi connectivity index (χ2n) is 4.01. The maximum absolute atomic E-state index is 12.2. The van der Waals surface area contributed by atoms with Gasteiger partial charge in [-0.3, -0.25) is 9.89 Å². The predicted molar refractivity (Wildman–Crippen MR) is 71.5 cm³/mol. The SMILES string of the molecule is Cc1c(C(=O)[N-]c2nnnn2C)c[c-]c2ccsc12.[Na+].[W]. The van der Waals surface area contributed by atoms with Gasteiger partial charge in [-0.1, -0.05) is 22.6 Å². The molecule has 9 heteroatoms. The third-order valence-electron chi connectivity index (χ3n) is 2.81. The standard InChI is InChI=1S/C12H10N5OS.Na.W/c1-7-9(4-3-8-5-6-19-10(7)8)11(18)13-12-14-15-16-17(12)2;;/h4-6H,1-2H3,(H,13,14,16,18);;/q-1;+1;/p-1. The van der Waals surface area contributed by atoms with Crippen molar-refractivity contribution in [2.45, 2.75) is 6.92 Å². The van der Waals surface area contributed by atoms with Crippen LogP contribution in [0.5, 0.6) is 0 Å². The minimum absolute atomic E-state index is 0. The third kappa shape index (κ3) is 3.60. The van der Waals surface area contributed by atoms with Crippen LogP contribution in [0.2, 0.25) is 0 Å². The van der Waals surface area contributed by atoms with Gasteiger partial charge in [0, 0.05) is 21.1 Å². The van der Waals surface area contributed by atoms with E-state index in [4.69, 9.17) is 0 Å². The van der Waals surface area contributed by atoms with Crippen LogP contribution in [0.1, 0.15) is 15.9 Å². The van der Waals surface area contributed by atoms with Gasteiger partial charge in [-0.25, -0.2) is 11.3 Å². The molecule has 0 N–H and O–H groups in total. The summed E-state index contributed by atoms with van der Waals surface area (Å²) in [5, 5.41) is 17.7. The minimum atomic E-state index is -0.359. The van der Waals surface area contributed by atoms with E-state index in [-0.39, 0.29) is 62.5 Å². The zero-order chi connectivity index (χ0) is 13.4. The first-order chi connectivity index (χ1) is 9.16. The van der Waals surface area contributed by atoms with Crippen molar-refractivity contribution in [3.63, 3.8) is 0 Å².